The third kappa shape index (κ3) is 13.9. The first-order valence-electron chi connectivity index (χ1n) is 19.7. The van der Waals surface area contributed by atoms with Crippen LogP contribution in [-0.4, -0.2) is 87.2 Å². The Bertz CT molecular complexity index is 1870. The molecule has 15 heteroatoms. The summed E-state index contributed by atoms with van der Waals surface area (Å²) in [5.74, 6) is -1.58. The maximum Gasteiger partial charge on any atom is 0.407 e. The number of rotatable bonds is 17. The number of primary amides is 1. The molecule has 3 aromatic rings. The number of aromatic nitrogens is 1. The van der Waals surface area contributed by atoms with Gasteiger partial charge >= 0.3 is 6.09 Å². The van der Waals surface area contributed by atoms with E-state index in [4.69, 9.17) is 15.2 Å². The summed E-state index contributed by atoms with van der Waals surface area (Å²) in [6, 6.07) is 13.1. The van der Waals surface area contributed by atoms with E-state index in [1.165, 1.54) is 4.90 Å². The largest absolute Gasteiger partial charge is 0.444 e. The summed E-state index contributed by atoms with van der Waals surface area (Å²) in [6.07, 6.45) is -0.922. The lowest BCUT2D eigenvalue weighted by Gasteiger charge is -2.35. The molecule has 0 bridgehead atoms. The molecule has 2 aromatic carbocycles. The zero-order valence-electron chi connectivity index (χ0n) is 34.9. The summed E-state index contributed by atoms with van der Waals surface area (Å²) >= 11 is 1.57. The smallest absolute Gasteiger partial charge is 0.407 e. The average Bonchev–Trinajstić information content (AvgIpc) is 3.76. The Morgan fingerprint density at radius 3 is 2.17 bits per heavy atom. The molecule has 5 atom stereocenters. The van der Waals surface area contributed by atoms with Gasteiger partial charge in [-0.05, 0) is 75.1 Å². The standard InChI is InChI=1S/C43H60N6O8S/c1-26-37(58-25-46-26)31-16-13-29(14-17-31)22-45-39(53)34-21-32(50)23-49(34)40(54)38(42(3,4)5)48-36(52)20-15-28-9-11-30(12-10-28)24-56-27(2)33(18-19-35(44)51)47-41(55)57-43(6,7)8/h9-14,16-17,25,27,32-34,38,50H,15,18-24H2,1-8H3,(H2,44,51)(H,45,53)(H,47,55)(H,48,52)/t27-,32-,33+,34+,38-/m1/s1. The molecular weight excluding hydrogens is 761 g/mol. The number of carbonyl (C=O) groups is 5. The Morgan fingerprint density at radius 2 is 1.59 bits per heavy atom. The van der Waals surface area contributed by atoms with Crippen molar-refractivity contribution in [3.63, 3.8) is 0 Å². The summed E-state index contributed by atoms with van der Waals surface area (Å²) in [6.45, 7) is 15.1. The molecule has 0 aliphatic carbocycles. The van der Waals surface area contributed by atoms with Gasteiger partial charge in [-0.2, -0.15) is 0 Å². The van der Waals surface area contributed by atoms with Crippen LogP contribution in [0.3, 0.4) is 0 Å². The van der Waals surface area contributed by atoms with E-state index < -0.39 is 59.3 Å². The molecule has 1 aliphatic rings. The number of amides is 5. The number of hydrogen-bond donors (Lipinski definition) is 5. The molecule has 58 heavy (non-hydrogen) atoms. The van der Waals surface area contributed by atoms with Crippen LogP contribution < -0.4 is 21.7 Å². The molecule has 6 N–H and O–H groups in total. The van der Waals surface area contributed by atoms with E-state index in [-0.39, 0.29) is 50.8 Å². The number of hydrogen-bond acceptors (Lipinski definition) is 10. The summed E-state index contributed by atoms with van der Waals surface area (Å²) in [5, 5.41) is 19.2. The van der Waals surface area contributed by atoms with Crippen LogP contribution >= 0.6 is 11.3 Å². The van der Waals surface area contributed by atoms with Crippen LogP contribution in [0, 0.1) is 12.3 Å². The number of aliphatic hydroxyl groups is 1. The molecule has 1 saturated heterocycles. The predicted octanol–water partition coefficient (Wildman–Crippen LogP) is 4.92. The summed E-state index contributed by atoms with van der Waals surface area (Å²) in [7, 11) is 0. The van der Waals surface area contributed by atoms with E-state index in [2.05, 4.69) is 20.9 Å². The second-order valence-electron chi connectivity index (χ2n) is 17.0. The van der Waals surface area contributed by atoms with Gasteiger partial charge in [0.25, 0.3) is 0 Å². The third-order valence-corrected chi connectivity index (χ3v) is 10.8. The first-order chi connectivity index (χ1) is 27.2. The van der Waals surface area contributed by atoms with E-state index in [1.807, 2.05) is 81.7 Å². The molecular formula is C43H60N6O8S. The highest BCUT2D eigenvalue weighted by atomic mass is 32.1. The molecule has 1 aliphatic heterocycles. The van der Waals surface area contributed by atoms with Gasteiger partial charge in [-0.1, -0.05) is 69.3 Å². The van der Waals surface area contributed by atoms with Gasteiger partial charge in [0.05, 0.1) is 40.9 Å². The van der Waals surface area contributed by atoms with Gasteiger partial charge in [0.2, 0.25) is 23.6 Å². The molecule has 0 radical (unpaired) electrons. The minimum atomic E-state index is -0.929. The van der Waals surface area contributed by atoms with Crippen molar-refractivity contribution in [3.8, 4) is 10.4 Å². The van der Waals surface area contributed by atoms with Crippen molar-refractivity contribution in [2.45, 2.75) is 137 Å². The Hall–Kier alpha value is -4.86. The van der Waals surface area contributed by atoms with E-state index in [0.717, 1.165) is 32.8 Å². The third-order valence-electron chi connectivity index (χ3n) is 9.86. The van der Waals surface area contributed by atoms with Gasteiger partial charge in [-0.15, -0.1) is 11.3 Å². The molecule has 14 nitrogen and oxygen atoms in total. The second-order valence-corrected chi connectivity index (χ2v) is 17.9. The van der Waals surface area contributed by atoms with Gasteiger partial charge < -0.3 is 41.2 Å². The molecule has 0 saturated carbocycles. The number of alkyl carbamates (subject to hydrolysis) is 1. The summed E-state index contributed by atoms with van der Waals surface area (Å²) in [5.41, 5.74) is 10.5. The van der Waals surface area contributed by atoms with Gasteiger partial charge in [0.1, 0.15) is 17.7 Å². The molecule has 316 valence electrons. The number of nitrogens with one attached hydrogen (secondary N) is 3. The van der Waals surface area contributed by atoms with Crippen LogP contribution in [0.1, 0.15) is 96.5 Å². The predicted molar refractivity (Wildman–Crippen MR) is 222 cm³/mol. The number of β-amino-alcohol motifs (C(OH)–C–C–N with tert-alkyl or cyclic N) is 1. The molecule has 4 rings (SSSR count). The van der Waals surface area contributed by atoms with Gasteiger partial charge in [-0.3, -0.25) is 19.2 Å². The highest BCUT2D eigenvalue weighted by Crippen LogP contribution is 2.28. The van der Waals surface area contributed by atoms with Crippen molar-refractivity contribution in [3.05, 3.63) is 76.4 Å². The Morgan fingerprint density at radius 1 is 0.948 bits per heavy atom. The highest BCUT2D eigenvalue weighted by molar-refractivity contribution is 7.13. The van der Waals surface area contributed by atoms with E-state index in [0.29, 0.717) is 12.8 Å². The Labute approximate surface area is 345 Å². The van der Waals surface area contributed by atoms with Crippen LogP contribution in [0.5, 0.6) is 0 Å². The summed E-state index contributed by atoms with van der Waals surface area (Å²) in [4.78, 5) is 71.4. The highest BCUT2D eigenvalue weighted by Gasteiger charge is 2.44. The van der Waals surface area contributed by atoms with E-state index >= 15 is 0 Å². The molecule has 1 fully saturated rings. The first kappa shape index (κ1) is 45.8. The summed E-state index contributed by atoms with van der Waals surface area (Å²) < 4.78 is 11.4. The molecule has 1 aromatic heterocycles. The van der Waals surface area contributed by atoms with Gasteiger partial charge in [0.15, 0.2) is 0 Å². The van der Waals surface area contributed by atoms with Gasteiger partial charge in [0, 0.05) is 32.4 Å². The van der Waals surface area contributed by atoms with Crippen LogP contribution in [0.2, 0.25) is 0 Å². The Kier molecular flexibility index (Phi) is 16.0. The second kappa shape index (κ2) is 20.2. The number of ether oxygens (including phenoxy) is 2. The topological polar surface area (TPSA) is 202 Å². The fourth-order valence-corrected chi connectivity index (χ4v) is 7.41. The average molecular weight is 821 g/mol. The Balaban J connectivity index is 1.29. The number of benzene rings is 2. The quantitative estimate of drug-likeness (QED) is 0.125. The lowest BCUT2D eigenvalue weighted by molar-refractivity contribution is -0.144. The number of nitrogens with two attached hydrogens (primary N) is 1. The number of carbonyl (C=O) groups excluding carboxylic acids is 5. The fourth-order valence-electron chi connectivity index (χ4n) is 6.60. The molecule has 5 amide bonds. The van der Waals surface area contributed by atoms with Crippen LogP contribution in [0.15, 0.2) is 54.0 Å². The zero-order valence-corrected chi connectivity index (χ0v) is 35.7. The van der Waals surface area contributed by atoms with Crippen molar-refractivity contribution >= 4 is 41.1 Å². The van der Waals surface area contributed by atoms with Gasteiger partial charge in [-0.25, -0.2) is 9.78 Å². The maximum atomic E-state index is 14.0. The minimum absolute atomic E-state index is 0.00854. The van der Waals surface area contributed by atoms with Crippen LogP contribution in [0.4, 0.5) is 4.79 Å². The molecule has 2 heterocycles. The van der Waals surface area contributed by atoms with Crippen molar-refractivity contribution in [2.75, 3.05) is 6.54 Å². The SMILES string of the molecule is Cc1ncsc1-c1ccc(CNC(=O)[C@@H]2C[C@@H](O)CN2C(=O)[C@@H](NC(=O)CCc2ccc(CO[C@H](C)[C@H](CCC(N)=O)NC(=O)OC(C)(C)C)cc2)C(C)(C)C)cc1. The zero-order chi connectivity index (χ0) is 42.8. The van der Waals surface area contributed by atoms with Crippen LogP contribution in [-0.2, 0) is 48.2 Å². The maximum absolute atomic E-state index is 14.0. The lowest BCUT2D eigenvalue weighted by atomic mass is 9.85. The number of aliphatic hydroxyl groups excluding tert-OH is 1. The first-order valence-corrected chi connectivity index (χ1v) is 20.6. The number of aryl methyl sites for hydroxylation is 2. The fraction of sp³-hybridized carbons (Fsp3) is 0.535. The van der Waals surface area contributed by atoms with E-state index in [1.54, 1.807) is 39.0 Å². The van der Waals surface area contributed by atoms with Crippen molar-refractivity contribution in [1.29, 1.82) is 0 Å². The van der Waals surface area contributed by atoms with E-state index in [9.17, 15) is 29.1 Å². The monoisotopic (exact) mass is 820 g/mol. The number of likely N-dealkylation sites (tertiary alicyclic amines) is 1. The normalized spacial score (nSPS) is 17.2. The van der Waals surface area contributed by atoms with Crippen molar-refractivity contribution in [2.24, 2.45) is 11.1 Å². The number of nitrogens with zero attached hydrogens (tertiary/aromatic N) is 2. The number of thiazole rings is 1. The van der Waals surface area contributed by atoms with Crippen molar-refractivity contribution < 1.29 is 38.6 Å². The lowest BCUT2D eigenvalue weighted by Crippen LogP contribution is -2.57. The van der Waals surface area contributed by atoms with Crippen molar-refractivity contribution in [1.82, 2.24) is 25.8 Å². The molecule has 0 unspecified atom stereocenters. The minimum Gasteiger partial charge on any atom is -0.444 e. The van der Waals surface area contributed by atoms with Crippen LogP contribution in [0.25, 0.3) is 10.4 Å². The molecule has 0 spiro atoms.